The zero-order chi connectivity index (χ0) is 7.68. The van der Waals surface area contributed by atoms with Crippen molar-refractivity contribution in [1.82, 2.24) is 10.2 Å². The topological polar surface area (TPSA) is 38.1 Å². The number of nitrogens with zero attached hydrogens (tertiary/aromatic N) is 3. The van der Waals surface area contributed by atoms with Crippen molar-refractivity contribution in [1.29, 1.82) is 0 Å². The lowest BCUT2D eigenvalue weighted by atomic mass is 10.2. The molecule has 0 unspecified atom stereocenters. The summed E-state index contributed by atoms with van der Waals surface area (Å²) in [4.78, 5) is 4.18. The highest BCUT2D eigenvalue weighted by Gasteiger charge is 2.08. The van der Waals surface area contributed by atoms with Gasteiger partial charge < -0.3 is 0 Å². The number of fused-ring (bicyclic) bond motifs is 1. The van der Waals surface area contributed by atoms with Gasteiger partial charge in [0.15, 0.2) is 0 Å². The van der Waals surface area contributed by atoms with Gasteiger partial charge in [0.1, 0.15) is 0 Å². The lowest BCUT2D eigenvalue weighted by Crippen LogP contribution is -1.93. The van der Waals surface area contributed by atoms with Crippen LogP contribution in [0.5, 0.6) is 0 Å². The molecule has 2 rings (SSSR count). The fraction of sp³-hybridized carbons (Fsp3) is 0.375. The molecule has 0 spiro atoms. The highest BCUT2D eigenvalue weighted by molar-refractivity contribution is 5.73. The van der Waals surface area contributed by atoms with Crippen LogP contribution in [0.1, 0.15) is 18.3 Å². The molecule has 0 fully saturated rings. The van der Waals surface area contributed by atoms with E-state index in [1.54, 1.807) is 0 Å². The van der Waals surface area contributed by atoms with E-state index in [2.05, 4.69) is 22.1 Å². The molecular formula is C8H9N3. The number of hydrogen-bond acceptors (Lipinski definition) is 3. The molecule has 0 aliphatic carbocycles. The molecule has 0 N–H and O–H groups in total. The number of aryl methyl sites for hydroxylation is 1. The van der Waals surface area contributed by atoms with E-state index >= 15 is 0 Å². The minimum Gasteiger partial charge on any atom is -0.259 e. The van der Waals surface area contributed by atoms with Gasteiger partial charge in [0.05, 0.1) is 17.1 Å². The van der Waals surface area contributed by atoms with E-state index in [0.29, 0.717) is 0 Å². The molecular weight excluding hydrogens is 138 g/mol. The van der Waals surface area contributed by atoms with E-state index in [9.17, 15) is 0 Å². The fourth-order valence-electron chi connectivity index (χ4n) is 1.11. The summed E-state index contributed by atoms with van der Waals surface area (Å²) < 4.78 is 0. The van der Waals surface area contributed by atoms with Gasteiger partial charge >= 0.3 is 0 Å². The normalized spacial score (nSPS) is 13.5. The second kappa shape index (κ2) is 2.42. The Labute approximate surface area is 65.2 Å². The smallest absolute Gasteiger partial charge is 0.0940 e. The van der Waals surface area contributed by atoms with Crippen molar-refractivity contribution in [2.75, 3.05) is 0 Å². The average Bonchev–Trinajstić information content (AvgIpc) is 2.50. The van der Waals surface area contributed by atoms with Gasteiger partial charge in [0, 0.05) is 12.6 Å². The molecule has 1 aliphatic heterocycles. The van der Waals surface area contributed by atoms with Crippen molar-refractivity contribution in [2.45, 2.75) is 19.8 Å². The van der Waals surface area contributed by atoms with Crippen molar-refractivity contribution < 1.29 is 0 Å². The molecule has 2 heterocycles. The minimum atomic E-state index is 0.840. The molecule has 0 saturated heterocycles. The number of hydrogen-bond donors (Lipinski definition) is 0. The lowest BCUT2D eigenvalue weighted by Gasteiger charge is -1.96. The van der Waals surface area contributed by atoms with E-state index in [4.69, 9.17) is 0 Å². The number of rotatable bonds is 1. The van der Waals surface area contributed by atoms with Gasteiger partial charge in [-0.1, -0.05) is 6.92 Å². The SMILES string of the molecule is CCc1cc2c(nn1)CC=N2. The molecule has 11 heavy (non-hydrogen) atoms. The van der Waals surface area contributed by atoms with Crippen LogP contribution in [0, 0.1) is 0 Å². The van der Waals surface area contributed by atoms with Crippen LogP contribution in [0.4, 0.5) is 5.69 Å². The summed E-state index contributed by atoms with van der Waals surface area (Å²) in [5.74, 6) is 0. The van der Waals surface area contributed by atoms with E-state index in [0.717, 1.165) is 29.9 Å². The quantitative estimate of drug-likeness (QED) is 0.600. The molecule has 1 aromatic heterocycles. The first-order chi connectivity index (χ1) is 5.40. The summed E-state index contributed by atoms with van der Waals surface area (Å²) in [6.45, 7) is 2.06. The molecule has 3 heteroatoms. The largest absolute Gasteiger partial charge is 0.259 e. The number of aromatic nitrogens is 2. The minimum absolute atomic E-state index is 0.840. The van der Waals surface area contributed by atoms with Gasteiger partial charge in [-0.3, -0.25) is 4.99 Å². The molecule has 1 aromatic rings. The third-order valence-corrected chi connectivity index (χ3v) is 1.78. The Morgan fingerprint density at radius 3 is 3.18 bits per heavy atom. The maximum Gasteiger partial charge on any atom is 0.0940 e. The van der Waals surface area contributed by atoms with Crippen LogP contribution in [0.15, 0.2) is 11.1 Å². The van der Waals surface area contributed by atoms with Crippen LogP contribution in [0.3, 0.4) is 0 Å². The van der Waals surface area contributed by atoms with Gasteiger partial charge in [-0.05, 0) is 12.5 Å². The van der Waals surface area contributed by atoms with Crippen LogP contribution in [0.25, 0.3) is 0 Å². The van der Waals surface area contributed by atoms with Crippen molar-refractivity contribution >= 4 is 11.9 Å². The van der Waals surface area contributed by atoms with Crippen LogP contribution >= 0.6 is 0 Å². The standard InChI is InChI=1S/C8H9N3/c1-2-6-5-8-7(11-10-6)3-4-9-8/h4-5H,2-3H2,1H3. The van der Waals surface area contributed by atoms with Crippen LogP contribution in [0.2, 0.25) is 0 Å². The molecule has 0 bridgehead atoms. The molecule has 0 aromatic carbocycles. The van der Waals surface area contributed by atoms with Crippen LogP contribution in [-0.4, -0.2) is 16.4 Å². The Morgan fingerprint density at radius 1 is 1.45 bits per heavy atom. The van der Waals surface area contributed by atoms with E-state index in [1.807, 2.05) is 12.3 Å². The number of aliphatic imine (C=N–C) groups is 1. The summed E-state index contributed by atoms with van der Waals surface area (Å²) in [6.07, 6.45) is 3.64. The van der Waals surface area contributed by atoms with Crippen LogP contribution < -0.4 is 0 Å². The highest BCUT2D eigenvalue weighted by Crippen LogP contribution is 2.21. The molecule has 0 amide bonds. The maximum atomic E-state index is 4.18. The molecule has 0 saturated carbocycles. The Hall–Kier alpha value is -1.25. The summed E-state index contributed by atoms with van der Waals surface area (Å²) >= 11 is 0. The summed E-state index contributed by atoms with van der Waals surface area (Å²) in [5, 5.41) is 8.09. The zero-order valence-electron chi connectivity index (χ0n) is 6.41. The second-order valence-electron chi connectivity index (χ2n) is 2.54. The predicted octanol–water partition coefficient (Wildman–Crippen LogP) is 1.30. The van der Waals surface area contributed by atoms with Crippen LogP contribution in [-0.2, 0) is 12.8 Å². The first-order valence-corrected chi connectivity index (χ1v) is 3.78. The van der Waals surface area contributed by atoms with Gasteiger partial charge in [0.25, 0.3) is 0 Å². The Kier molecular flexibility index (Phi) is 1.42. The Balaban J connectivity index is 2.47. The van der Waals surface area contributed by atoms with E-state index in [1.165, 1.54) is 0 Å². The Bertz CT molecular complexity index is 304. The predicted molar refractivity (Wildman–Crippen MR) is 43.3 cm³/mol. The molecule has 0 radical (unpaired) electrons. The molecule has 3 nitrogen and oxygen atoms in total. The molecule has 0 atom stereocenters. The molecule has 1 aliphatic rings. The first-order valence-electron chi connectivity index (χ1n) is 3.78. The molecule has 56 valence electrons. The van der Waals surface area contributed by atoms with Gasteiger partial charge in [0.2, 0.25) is 0 Å². The third-order valence-electron chi connectivity index (χ3n) is 1.78. The van der Waals surface area contributed by atoms with Crippen molar-refractivity contribution in [3.8, 4) is 0 Å². The third kappa shape index (κ3) is 1.02. The highest BCUT2D eigenvalue weighted by atomic mass is 15.1. The second-order valence-corrected chi connectivity index (χ2v) is 2.54. The average molecular weight is 147 g/mol. The van der Waals surface area contributed by atoms with Crippen molar-refractivity contribution in [3.63, 3.8) is 0 Å². The Morgan fingerprint density at radius 2 is 2.36 bits per heavy atom. The summed E-state index contributed by atoms with van der Waals surface area (Å²) in [5.41, 5.74) is 3.02. The monoisotopic (exact) mass is 147 g/mol. The van der Waals surface area contributed by atoms with E-state index < -0.39 is 0 Å². The maximum absolute atomic E-state index is 4.18. The van der Waals surface area contributed by atoms with Gasteiger partial charge in [-0.15, -0.1) is 0 Å². The summed E-state index contributed by atoms with van der Waals surface area (Å²) in [6, 6.07) is 2.01. The fourth-order valence-corrected chi connectivity index (χ4v) is 1.11. The lowest BCUT2D eigenvalue weighted by molar-refractivity contribution is 0.891. The van der Waals surface area contributed by atoms with Crippen molar-refractivity contribution in [3.05, 3.63) is 17.5 Å². The van der Waals surface area contributed by atoms with Gasteiger partial charge in [-0.2, -0.15) is 10.2 Å². The van der Waals surface area contributed by atoms with Gasteiger partial charge in [-0.25, -0.2) is 0 Å². The summed E-state index contributed by atoms with van der Waals surface area (Å²) in [7, 11) is 0. The first kappa shape index (κ1) is 6.46. The zero-order valence-corrected chi connectivity index (χ0v) is 6.41. The van der Waals surface area contributed by atoms with E-state index in [-0.39, 0.29) is 0 Å². The van der Waals surface area contributed by atoms with Crippen molar-refractivity contribution in [2.24, 2.45) is 4.99 Å².